The first-order valence-electron chi connectivity index (χ1n) is 6.39. The summed E-state index contributed by atoms with van der Waals surface area (Å²) in [5.74, 6) is -1.90. The molecular weight excluding hydrogens is 283 g/mol. The molecule has 0 saturated heterocycles. The Bertz CT molecular complexity index is 571. The maximum atomic E-state index is 13.1. The van der Waals surface area contributed by atoms with Crippen LogP contribution in [0, 0.1) is 5.82 Å². The maximum absolute atomic E-state index is 13.1. The predicted molar refractivity (Wildman–Crippen MR) is 74.8 cm³/mol. The van der Waals surface area contributed by atoms with E-state index >= 15 is 0 Å². The van der Waals surface area contributed by atoms with Crippen LogP contribution in [0.3, 0.4) is 0 Å². The van der Waals surface area contributed by atoms with E-state index in [-0.39, 0.29) is 13.1 Å². The topological polar surface area (TPSA) is 66.5 Å². The molecule has 0 aromatic heterocycles. The van der Waals surface area contributed by atoms with Gasteiger partial charge < -0.3 is 0 Å². The smallest absolute Gasteiger partial charge is 0.273 e. The molecule has 0 aliphatic rings. The normalized spacial score (nSPS) is 13.2. The second-order valence-corrected chi connectivity index (χ2v) is 6.00. The van der Waals surface area contributed by atoms with Gasteiger partial charge >= 0.3 is 10.2 Å². The van der Waals surface area contributed by atoms with Gasteiger partial charge in [-0.25, -0.2) is 9.11 Å². The number of hydrogen-bond donors (Lipinski definition) is 1. The molecule has 0 fully saturated rings. The highest BCUT2D eigenvalue weighted by Gasteiger charge is 2.25. The highest BCUT2D eigenvalue weighted by Crippen LogP contribution is 2.16. The lowest BCUT2D eigenvalue weighted by Crippen LogP contribution is -2.44. The summed E-state index contributed by atoms with van der Waals surface area (Å²) in [6, 6.07) is 5.54. The molecular formula is C13H19FN2O3S. The minimum Gasteiger partial charge on any atom is -0.273 e. The van der Waals surface area contributed by atoms with Crippen molar-refractivity contribution in [3.63, 3.8) is 0 Å². The monoisotopic (exact) mass is 302 g/mol. The van der Waals surface area contributed by atoms with E-state index < -0.39 is 27.9 Å². The zero-order valence-electron chi connectivity index (χ0n) is 11.8. The molecule has 5 nitrogen and oxygen atoms in total. The van der Waals surface area contributed by atoms with Crippen LogP contribution in [0.4, 0.5) is 4.39 Å². The SMILES string of the molecule is CCN(CC)S(=O)(=O)NC(=O)C(C)c1cccc(F)c1. The molecule has 0 bridgehead atoms. The summed E-state index contributed by atoms with van der Waals surface area (Å²) in [5, 5.41) is 0. The molecule has 1 unspecified atom stereocenters. The first-order chi connectivity index (χ1) is 9.31. The standard InChI is InChI=1S/C13H19FN2O3S/c1-4-16(5-2)20(18,19)15-13(17)10(3)11-7-6-8-12(14)9-11/h6-10H,4-5H2,1-3H3,(H,15,17). The van der Waals surface area contributed by atoms with E-state index in [1.807, 2.05) is 4.72 Å². The molecule has 0 saturated carbocycles. The third-order valence-corrected chi connectivity index (χ3v) is 4.67. The summed E-state index contributed by atoms with van der Waals surface area (Å²) in [7, 11) is -3.84. The molecule has 1 rings (SSSR count). The van der Waals surface area contributed by atoms with Gasteiger partial charge in [0.25, 0.3) is 0 Å². The van der Waals surface area contributed by atoms with Gasteiger partial charge in [0.15, 0.2) is 0 Å². The lowest BCUT2D eigenvalue weighted by atomic mass is 10.0. The summed E-state index contributed by atoms with van der Waals surface area (Å²) in [6.07, 6.45) is 0. The van der Waals surface area contributed by atoms with Crippen molar-refractivity contribution in [3.8, 4) is 0 Å². The van der Waals surface area contributed by atoms with Gasteiger partial charge in [0.05, 0.1) is 5.92 Å². The van der Waals surface area contributed by atoms with Crippen LogP contribution in [0.5, 0.6) is 0 Å². The van der Waals surface area contributed by atoms with Gasteiger partial charge in [-0.2, -0.15) is 12.7 Å². The van der Waals surface area contributed by atoms with E-state index in [0.717, 1.165) is 4.31 Å². The van der Waals surface area contributed by atoms with Crippen LogP contribution in [0.1, 0.15) is 32.3 Å². The van der Waals surface area contributed by atoms with Gasteiger partial charge in [0.1, 0.15) is 5.82 Å². The highest BCUT2D eigenvalue weighted by molar-refractivity contribution is 7.87. The van der Waals surface area contributed by atoms with Crippen LogP contribution < -0.4 is 4.72 Å². The number of carbonyl (C=O) groups excluding carboxylic acids is 1. The largest absolute Gasteiger partial charge is 0.303 e. The Morgan fingerprint density at radius 1 is 1.35 bits per heavy atom. The van der Waals surface area contributed by atoms with Gasteiger partial charge in [0, 0.05) is 13.1 Å². The third kappa shape index (κ3) is 4.01. The number of carbonyl (C=O) groups is 1. The molecule has 1 N–H and O–H groups in total. The van der Waals surface area contributed by atoms with Crippen LogP contribution >= 0.6 is 0 Å². The molecule has 1 atom stereocenters. The Morgan fingerprint density at radius 3 is 2.45 bits per heavy atom. The van der Waals surface area contributed by atoms with Crippen molar-refractivity contribution < 1.29 is 17.6 Å². The third-order valence-electron chi connectivity index (χ3n) is 3.02. The first-order valence-corrected chi connectivity index (χ1v) is 7.83. The lowest BCUT2D eigenvalue weighted by Gasteiger charge is -2.20. The Hall–Kier alpha value is -1.47. The lowest BCUT2D eigenvalue weighted by molar-refractivity contribution is -0.120. The average Bonchev–Trinajstić information content (AvgIpc) is 2.38. The van der Waals surface area contributed by atoms with Crippen LogP contribution in [0.25, 0.3) is 0 Å². The van der Waals surface area contributed by atoms with Crippen molar-refractivity contribution in [1.29, 1.82) is 0 Å². The molecule has 112 valence electrons. The van der Waals surface area contributed by atoms with Gasteiger partial charge in [-0.3, -0.25) is 4.79 Å². The van der Waals surface area contributed by atoms with E-state index in [1.165, 1.54) is 25.1 Å². The van der Waals surface area contributed by atoms with Crippen molar-refractivity contribution in [3.05, 3.63) is 35.6 Å². The van der Waals surface area contributed by atoms with Crippen molar-refractivity contribution >= 4 is 16.1 Å². The second-order valence-electron chi connectivity index (χ2n) is 4.33. The van der Waals surface area contributed by atoms with Crippen LogP contribution in [0.15, 0.2) is 24.3 Å². The molecule has 7 heteroatoms. The highest BCUT2D eigenvalue weighted by atomic mass is 32.2. The molecule has 0 radical (unpaired) electrons. The number of benzene rings is 1. The molecule has 1 aromatic carbocycles. The van der Waals surface area contributed by atoms with E-state index in [4.69, 9.17) is 0 Å². The number of nitrogens with zero attached hydrogens (tertiary/aromatic N) is 1. The van der Waals surface area contributed by atoms with Crippen molar-refractivity contribution in [2.24, 2.45) is 0 Å². The van der Waals surface area contributed by atoms with Crippen LogP contribution in [-0.2, 0) is 15.0 Å². The molecule has 1 amide bonds. The van der Waals surface area contributed by atoms with Gasteiger partial charge in [-0.1, -0.05) is 26.0 Å². The summed E-state index contributed by atoms with van der Waals surface area (Å²) in [5.41, 5.74) is 0.428. The van der Waals surface area contributed by atoms with Crippen LogP contribution in [0.2, 0.25) is 0 Å². The van der Waals surface area contributed by atoms with Gasteiger partial charge in [-0.05, 0) is 24.6 Å². The minimum absolute atomic E-state index is 0.271. The fraction of sp³-hybridized carbons (Fsp3) is 0.462. The zero-order chi connectivity index (χ0) is 15.3. The minimum atomic E-state index is -3.84. The fourth-order valence-electron chi connectivity index (χ4n) is 1.77. The van der Waals surface area contributed by atoms with E-state index in [2.05, 4.69) is 0 Å². The molecule has 1 aromatic rings. The summed E-state index contributed by atoms with van der Waals surface area (Å²) >= 11 is 0. The molecule has 0 aliphatic heterocycles. The summed E-state index contributed by atoms with van der Waals surface area (Å²) in [6.45, 7) is 5.44. The Morgan fingerprint density at radius 2 is 1.95 bits per heavy atom. The Labute approximate surface area is 119 Å². The van der Waals surface area contributed by atoms with E-state index in [9.17, 15) is 17.6 Å². The van der Waals surface area contributed by atoms with Crippen LogP contribution in [-0.4, -0.2) is 31.7 Å². The van der Waals surface area contributed by atoms with Crippen molar-refractivity contribution in [2.75, 3.05) is 13.1 Å². The number of halogens is 1. The summed E-state index contributed by atoms with van der Waals surface area (Å²) < 4.78 is 40.1. The molecule has 20 heavy (non-hydrogen) atoms. The maximum Gasteiger partial charge on any atom is 0.303 e. The predicted octanol–water partition coefficient (Wildman–Crippen LogP) is 1.63. The van der Waals surface area contributed by atoms with E-state index in [0.29, 0.717) is 5.56 Å². The fourth-order valence-corrected chi connectivity index (χ4v) is 3.01. The van der Waals surface area contributed by atoms with Crippen molar-refractivity contribution in [2.45, 2.75) is 26.7 Å². The second kappa shape index (κ2) is 6.81. The number of rotatable bonds is 6. The van der Waals surface area contributed by atoms with Crippen molar-refractivity contribution in [1.82, 2.24) is 9.03 Å². The van der Waals surface area contributed by atoms with E-state index in [1.54, 1.807) is 19.9 Å². The Kier molecular flexibility index (Phi) is 5.64. The zero-order valence-corrected chi connectivity index (χ0v) is 12.6. The summed E-state index contributed by atoms with van der Waals surface area (Å²) in [4.78, 5) is 12.0. The number of nitrogens with one attached hydrogen (secondary N) is 1. The van der Waals surface area contributed by atoms with Gasteiger partial charge in [0.2, 0.25) is 5.91 Å². The molecule has 0 aliphatic carbocycles. The molecule has 0 heterocycles. The number of amides is 1. The van der Waals surface area contributed by atoms with Gasteiger partial charge in [-0.15, -0.1) is 0 Å². The molecule has 0 spiro atoms. The Balaban J connectivity index is 2.86. The first kappa shape index (κ1) is 16.6. The number of hydrogen-bond acceptors (Lipinski definition) is 3. The average molecular weight is 302 g/mol. The quantitative estimate of drug-likeness (QED) is 0.868.